The van der Waals surface area contributed by atoms with Gasteiger partial charge in [-0.05, 0) is 30.2 Å². The molecule has 28 heavy (non-hydrogen) atoms. The van der Waals surface area contributed by atoms with Gasteiger partial charge in [-0.15, -0.1) is 5.10 Å². The van der Waals surface area contributed by atoms with E-state index in [2.05, 4.69) is 60.6 Å². The fourth-order valence-electron chi connectivity index (χ4n) is 3.32. The standard InChI is InChI=1S/C21H23ClN6/c1-16-18(22)8-5-9-19(16)24-20-14-23-26-21(25-20)28-12-10-27(11-13-28)15-17-6-3-2-4-7-17/h2-9,14H,10-13,15H2,1H3,(H,24,25,26). The number of hydrogen-bond acceptors (Lipinski definition) is 6. The molecule has 2 heterocycles. The molecule has 1 aromatic heterocycles. The minimum atomic E-state index is 0.657. The fourth-order valence-corrected chi connectivity index (χ4v) is 3.49. The first kappa shape index (κ1) is 18.7. The van der Waals surface area contributed by atoms with E-state index in [0.29, 0.717) is 11.8 Å². The quantitative estimate of drug-likeness (QED) is 0.708. The number of nitrogens with zero attached hydrogens (tertiary/aromatic N) is 5. The van der Waals surface area contributed by atoms with Crippen molar-refractivity contribution in [2.24, 2.45) is 0 Å². The molecule has 6 nitrogen and oxygen atoms in total. The van der Waals surface area contributed by atoms with Crippen molar-refractivity contribution in [1.29, 1.82) is 0 Å². The highest BCUT2D eigenvalue weighted by molar-refractivity contribution is 6.31. The van der Waals surface area contributed by atoms with E-state index in [1.54, 1.807) is 6.20 Å². The van der Waals surface area contributed by atoms with E-state index in [1.807, 2.05) is 25.1 Å². The van der Waals surface area contributed by atoms with Crippen LogP contribution in [0.5, 0.6) is 0 Å². The van der Waals surface area contributed by atoms with Crippen LogP contribution >= 0.6 is 11.6 Å². The molecular formula is C21H23ClN6. The molecule has 0 saturated carbocycles. The summed E-state index contributed by atoms with van der Waals surface area (Å²) in [6, 6.07) is 16.3. The number of rotatable bonds is 5. The first-order valence-corrected chi connectivity index (χ1v) is 9.80. The van der Waals surface area contributed by atoms with E-state index in [1.165, 1.54) is 5.56 Å². The van der Waals surface area contributed by atoms with Crippen LogP contribution in [0.2, 0.25) is 5.02 Å². The average molecular weight is 395 g/mol. The fraction of sp³-hybridized carbons (Fsp3) is 0.286. The van der Waals surface area contributed by atoms with Crippen molar-refractivity contribution in [3.8, 4) is 0 Å². The molecule has 7 heteroatoms. The smallest absolute Gasteiger partial charge is 0.247 e. The SMILES string of the molecule is Cc1c(Cl)cccc1Nc1cnnc(N2CCN(Cc3ccccc3)CC2)n1. The van der Waals surface area contributed by atoms with Gasteiger partial charge in [0.25, 0.3) is 0 Å². The van der Waals surface area contributed by atoms with Gasteiger partial charge in [0.15, 0.2) is 5.82 Å². The zero-order valence-electron chi connectivity index (χ0n) is 15.8. The predicted octanol–water partition coefficient (Wildman–Crippen LogP) is 3.90. The maximum Gasteiger partial charge on any atom is 0.247 e. The van der Waals surface area contributed by atoms with Crippen molar-refractivity contribution < 1.29 is 0 Å². The highest BCUT2D eigenvalue weighted by Crippen LogP contribution is 2.25. The number of nitrogens with one attached hydrogen (secondary N) is 1. The van der Waals surface area contributed by atoms with Crippen molar-refractivity contribution in [2.75, 3.05) is 36.4 Å². The number of anilines is 3. The second kappa shape index (κ2) is 8.54. The summed E-state index contributed by atoms with van der Waals surface area (Å²) in [6.45, 7) is 6.67. The Morgan fingerprint density at radius 2 is 1.79 bits per heavy atom. The second-order valence-electron chi connectivity index (χ2n) is 6.93. The molecule has 0 radical (unpaired) electrons. The zero-order valence-corrected chi connectivity index (χ0v) is 16.6. The number of aromatic nitrogens is 3. The van der Waals surface area contributed by atoms with Gasteiger partial charge in [-0.1, -0.05) is 48.0 Å². The first-order valence-electron chi connectivity index (χ1n) is 9.42. The van der Waals surface area contributed by atoms with Crippen LogP contribution in [0.15, 0.2) is 54.7 Å². The number of benzene rings is 2. The van der Waals surface area contributed by atoms with E-state index in [4.69, 9.17) is 11.6 Å². The topological polar surface area (TPSA) is 57.2 Å². The van der Waals surface area contributed by atoms with Crippen molar-refractivity contribution in [1.82, 2.24) is 20.1 Å². The van der Waals surface area contributed by atoms with Crippen molar-refractivity contribution in [3.63, 3.8) is 0 Å². The Labute approximate surface area is 170 Å². The highest BCUT2D eigenvalue weighted by Gasteiger charge is 2.19. The molecule has 1 aliphatic heterocycles. The van der Waals surface area contributed by atoms with Crippen LogP contribution in [0, 0.1) is 6.92 Å². The summed E-state index contributed by atoms with van der Waals surface area (Å²) in [5.41, 5.74) is 3.25. The highest BCUT2D eigenvalue weighted by atomic mass is 35.5. The largest absolute Gasteiger partial charge is 0.339 e. The van der Waals surface area contributed by atoms with Gasteiger partial charge >= 0.3 is 0 Å². The van der Waals surface area contributed by atoms with E-state index in [-0.39, 0.29) is 0 Å². The molecule has 0 unspecified atom stereocenters. The number of piperazine rings is 1. The van der Waals surface area contributed by atoms with Crippen LogP contribution in [-0.2, 0) is 6.54 Å². The molecule has 4 rings (SSSR count). The van der Waals surface area contributed by atoms with E-state index in [9.17, 15) is 0 Å². The predicted molar refractivity (Wildman–Crippen MR) is 113 cm³/mol. The lowest BCUT2D eigenvalue weighted by atomic mass is 10.2. The van der Waals surface area contributed by atoms with Crippen molar-refractivity contribution in [2.45, 2.75) is 13.5 Å². The second-order valence-corrected chi connectivity index (χ2v) is 7.34. The third-order valence-corrected chi connectivity index (χ3v) is 5.39. The van der Waals surface area contributed by atoms with Crippen LogP contribution in [0.3, 0.4) is 0 Å². The molecule has 1 saturated heterocycles. The maximum atomic E-state index is 6.20. The summed E-state index contributed by atoms with van der Waals surface area (Å²) >= 11 is 6.20. The zero-order chi connectivity index (χ0) is 19.3. The van der Waals surface area contributed by atoms with Crippen LogP contribution in [0.25, 0.3) is 0 Å². The molecule has 0 atom stereocenters. The Balaban J connectivity index is 1.39. The van der Waals surface area contributed by atoms with Crippen LogP contribution < -0.4 is 10.2 Å². The van der Waals surface area contributed by atoms with Gasteiger partial charge in [0.2, 0.25) is 5.95 Å². The summed E-state index contributed by atoms with van der Waals surface area (Å²) in [7, 11) is 0. The van der Waals surface area contributed by atoms with Gasteiger partial charge in [-0.2, -0.15) is 10.1 Å². The molecule has 0 aliphatic carbocycles. The number of hydrogen-bond donors (Lipinski definition) is 1. The summed E-state index contributed by atoms with van der Waals surface area (Å²) in [5.74, 6) is 1.33. The van der Waals surface area contributed by atoms with Gasteiger partial charge in [-0.25, -0.2) is 0 Å². The molecule has 0 bridgehead atoms. The molecule has 0 amide bonds. The minimum absolute atomic E-state index is 0.657. The lowest BCUT2D eigenvalue weighted by Gasteiger charge is -2.34. The van der Waals surface area contributed by atoms with Crippen LogP contribution in [0.4, 0.5) is 17.5 Å². The lowest BCUT2D eigenvalue weighted by molar-refractivity contribution is 0.248. The number of halogens is 1. The van der Waals surface area contributed by atoms with Crippen LogP contribution in [0.1, 0.15) is 11.1 Å². The average Bonchev–Trinajstić information content (AvgIpc) is 2.73. The Morgan fingerprint density at radius 3 is 2.57 bits per heavy atom. The molecule has 1 fully saturated rings. The van der Waals surface area contributed by atoms with Crippen molar-refractivity contribution in [3.05, 3.63) is 70.9 Å². The summed E-state index contributed by atoms with van der Waals surface area (Å²) in [4.78, 5) is 9.29. The summed E-state index contributed by atoms with van der Waals surface area (Å²) < 4.78 is 0. The van der Waals surface area contributed by atoms with Crippen molar-refractivity contribution >= 4 is 29.1 Å². The summed E-state index contributed by atoms with van der Waals surface area (Å²) in [6.07, 6.45) is 1.63. The van der Waals surface area contributed by atoms with Gasteiger partial charge < -0.3 is 10.2 Å². The molecule has 3 aromatic rings. The van der Waals surface area contributed by atoms with Gasteiger partial charge in [0.05, 0.1) is 6.20 Å². The Bertz CT molecular complexity index is 925. The Morgan fingerprint density at radius 1 is 1.00 bits per heavy atom. The Hall–Kier alpha value is -2.70. The Kier molecular flexibility index (Phi) is 5.69. The third kappa shape index (κ3) is 4.40. The molecule has 144 valence electrons. The third-order valence-electron chi connectivity index (χ3n) is 4.98. The molecule has 0 spiro atoms. The van der Waals surface area contributed by atoms with E-state index < -0.39 is 0 Å². The molecule has 1 N–H and O–H groups in total. The maximum absolute atomic E-state index is 6.20. The summed E-state index contributed by atoms with van der Waals surface area (Å²) in [5, 5.41) is 12.4. The molecular weight excluding hydrogens is 372 g/mol. The minimum Gasteiger partial charge on any atom is -0.339 e. The molecule has 1 aliphatic rings. The molecule has 2 aromatic carbocycles. The van der Waals surface area contributed by atoms with Crippen LogP contribution in [-0.4, -0.2) is 46.3 Å². The van der Waals surface area contributed by atoms with Gasteiger partial charge in [-0.3, -0.25) is 4.90 Å². The monoisotopic (exact) mass is 394 g/mol. The van der Waals surface area contributed by atoms with E-state index in [0.717, 1.165) is 49.0 Å². The normalized spacial score (nSPS) is 14.9. The first-order chi connectivity index (χ1) is 13.7. The van der Waals surface area contributed by atoms with Gasteiger partial charge in [0.1, 0.15) is 0 Å². The van der Waals surface area contributed by atoms with Gasteiger partial charge in [0, 0.05) is 43.4 Å². The van der Waals surface area contributed by atoms with E-state index >= 15 is 0 Å². The lowest BCUT2D eigenvalue weighted by Crippen LogP contribution is -2.46.